The van der Waals surface area contributed by atoms with Gasteiger partial charge in [0.15, 0.2) is 5.65 Å². The molecule has 0 unspecified atom stereocenters. The van der Waals surface area contributed by atoms with Crippen LogP contribution >= 0.6 is 0 Å². The number of amides is 1. The number of aromatic nitrogens is 4. The number of halogens is 1. The Morgan fingerprint density at radius 2 is 2.07 bits per heavy atom. The third-order valence-corrected chi connectivity index (χ3v) is 5.27. The maximum atomic E-state index is 12.9. The number of nitrogens with zero attached hydrogens (tertiary/aromatic N) is 4. The Hall–Kier alpha value is -2.87. The van der Waals surface area contributed by atoms with Crippen molar-refractivity contribution >= 4 is 17.1 Å². The van der Waals surface area contributed by atoms with Crippen LogP contribution in [0.15, 0.2) is 36.7 Å². The normalized spacial score (nSPS) is 16.4. The van der Waals surface area contributed by atoms with E-state index in [1.807, 2.05) is 4.68 Å². The first-order chi connectivity index (χ1) is 14.2. The number of hydrogen-bond donors (Lipinski definition) is 2. The highest BCUT2D eigenvalue weighted by Crippen LogP contribution is 2.26. The Balaban J connectivity index is 1.28. The molecule has 29 heavy (non-hydrogen) atoms. The molecule has 2 aromatic heterocycles. The molecule has 1 amide bonds. The van der Waals surface area contributed by atoms with E-state index in [1.54, 1.807) is 24.5 Å². The van der Waals surface area contributed by atoms with Crippen molar-refractivity contribution < 1.29 is 9.18 Å². The molecule has 4 rings (SSSR count). The van der Waals surface area contributed by atoms with E-state index in [0.717, 1.165) is 54.8 Å². The zero-order valence-electron chi connectivity index (χ0n) is 16.3. The smallest absolute Gasteiger partial charge is 0.220 e. The minimum absolute atomic E-state index is 0.00914. The summed E-state index contributed by atoms with van der Waals surface area (Å²) in [5.74, 6) is 0.126. The number of nitrogens with one attached hydrogen (secondary N) is 2. The molecule has 1 atom stereocenters. The second-order valence-electron chi connectivity index (χ2n) is 7.36. The third-order valence-electron chi connectivity index (χ3n) is 5.27. The lowest BCUT2D eigenvalue weighted by Gasteiger charge is -2.07. The number of fused-ring (bicyclic) bond motifs is 1. The van der Waals surface area contributed by atoms with Gasteiger partial charge in [0.05, 0.1) is 12.2 Å². The number of benzene rings is 1. The number of rotatable bonds is 8. The monoisotopic (exact) mass is 396 g/mol. The van der Waals surface area contributed by atoms with Gasteiger partial charge in [-0.3, -0.25) is 4.79 Å². The van der Waals surface area contributed by atoms with Crippen LogP contribution in [0.3, 0.4) is 0 Å². The molecule has 1 aliphatic rings. The predicted molar refractivity (Wildman–Crippen MR) is 108 cm³/mol. The molecular weight excluding hydrogens is 371 g/mol. The van der Waals surface area contributed by atoms with Crippen molar-refractivity contribution in [1.82, 2.24) is 30.4 Å². The van der Waals surface area contributed by atoms with Crippen LogP contribution < -0.4 is 10.6 Å². The molecule has 0 bridgehead atoms. The Bertz CT molecular complexity index is 965. The van der Waals surface area contributed by atoms with Crippen molar-refractivity contribution in [3.05, 3.63) is 53.7 Å². The Morgan fingerprint density at radius 3 is 2.86 bits per heavy atom. The van der Waals surface area contributed by atoms with Crippen molar-refractivity contribution in [2.45, 2.75) is 38.1 Å². The summed E-state index contributed by atoms with van der Waals surface area (Å²) in [5, 5.41) is 11.1. The lowest BCUT2D eigenvalue weighted by atomic mass is 10.0. The molecule has 1 saturated heterocycles. The minimum atomic E-state index is -0.241. The van der Waals surface area contributed by atoms with Crippen LogP contribution in [0.1, 0.15) is 36.4 Å². The van der Waals surface area contributed by atoms with Gasteiger partial charge in [0.1, 0.15) is 11.3 Å². The molecule has 2 N–H and O–H groups in total. The molecule has 0 aliphatic carbocycles. The van der Waals surface area contributed by atoms with Crippen LogP contribution in [0, 0.1) is 5.82 Å². The van der Waals surface area contributed by atoms with E-state index in [4.69, 9.17) is 5.10 Å². The standard InChI is InChI=1S/C21H25FN6O/c22-17-6-4-15(5-7-17)2-1-3-18(29)24-12-13-28-21-20(25-10-11-26-21)19(27-28)16-8-9-23-14-16/h4-7,10-11,16,23H,1-3,8-9,12-14H2,(H,24,29)/t16-/m1/s1. The summed E-state index contributed by atoms with van der Waals surface area (Å²) in [6, 6.07) is 6.41. The quantitative estimate of drug-likeness (QED) is 0.610. The summed E-state index contributed by atoms with van der Waals surface area (Å²) in [5.41, 5.74) is 3.64. The highest BCUT2D eigenvalue weighted by molar-refractivity contribution is 5.76. The van der Waals surface area contributed by atoms with E-state index in [9.17, 15) is 9.18 Å². The minimum Gasteiger partial charge on any atom is -0.354 e. The predicted octanol–water partition coefficient (Wildman–Crippen LogP) is 2.18. The van der Waals surface area contributed by atoms with Gasteiger partial charge in [-0.1, -0.05) is 12.1 Å². The van der Waals surface area contributed by atoms with Crippen LogP contribution in [-0.2, 0) is 17.8 Å². The summed E-state index contributed by atoms with van der Waals surface area (Å²) in [7, 11) is 0. The van der Waals surface area contributed by atoms with Gasteiger partial charge in [-0.15, -0.1) is 0 Å². The van der Waals surface area contributed by atoms with Crippen molar-refractivity contribution in [1.29, 1.82) is 0 Å². The first-order valence-electron chi connectivity index (χ1n) is 10.1. The average molecular weight is 396 g/mol. The van der Waals surface area contributed by atoms with Crippen molar-refractivity contribution in [2.24, 2.45) is 0 Å². The second kappa shape index (κ2) is 9.09. The molecule has 3 aromatic rings. The fourth-order valence-corrected chi connectivity index (χ4v) is 3.74. The largest absolute Gasteiger partial charge is 0.354 e. The van der Waals surface area contributed by atoms with Crippen molar-refractivity contribution in [3.63, 3.8) is 0 Å². The van der Waals surface area contributed by atoms with Gasteiger partial charge in [-0.25, -0.2) is 19.0 Å². The summed E-state index contributed by atoms with van der Waals surface area (Å²) >= 11 is 0. The lowest BCUT2D eigenvalue weighted by Crippen LogP contribution is -2.27. The zero-order valence-corrected chi connectivity index (χ0v) is 16.3. The van der Waals surface area contributed by atoms with Gasteiger partial charge in [0.25, 0.3) is 0 Å². The van der Waals surface area contributed by atoms with E-state index in [0.29, 0.717) is 25.4 Å². The van der Waals surface area contributed by atoms with Crippen molar-refractivity contribution in [3.8, 4) is 0 Å². The second-order valence-corrected chi connectivity index (χ2v) is 7.36. The Morgan fingerprint density at radius 1 is 1.24 bits per heavy atom. The van der Waals surface area contributed by atoms with Crippen LogP contribution in [0.25, 0.3) is 11.2 Å². The molecular formula is C21H25FN6O. The SMILES string of the molecule is O=C(CCCc1ccc(F)cc1)NCCn1nc([C@@H]2CCNC2)c2nccnc21. The summed E-state index contributed by atoms with van der Waals surface area (Å²) < 4.78 is 14.8. The average Bonchev–Trinajstić information content (AvgIpc) is 3.38. The zero-order chi connectivity index (χ0) is 20.1. The van der Waals surface area contributed by atoms with E-state index in [-0.39, 0.29) is 11.7 Å². The molecule has 0 radical (unpaired) electrons. The summed E-state index contributed by atoms with van der Waals surface area (Å²) in [6.07, 6.45) is 6.34. The number of carbonyl (C=O) groups is 1. The number of hydrogen-bond acceptors (Lipinski definition) is 5. The van der Waals surface area contributed by atoms with Crippen LogP contribution in [0.2, 0.25) is 0 Å². The molecule has 8 heteroatoms. The van der Waals surface area contributed by atoms with Gasteiger partial charge >= 0.3 is 0 Å². The molecule has 3 heterocycles. The summed E-state index contributed by atoms with van der Waals surface area (Å²) in [6.45, 7) is 2.95. The maximum absolute atomic E-state index is 12.9. The van der Waals surface area contributed by atoms with E-state index in [2.05, 4.69) is 20.6 Å². The van der Waals surface area contributed by atoms with Gasteiger partial charge in [-0.05, 0) is 43.5 Å². The van der Waals surface area contributed by atoms with Crippen LogP contribution in [-0.4, -0.2) is 45.3 Å². The molecule has 0 saturated carbocycles. The fourth-order valence-electron chi connectivity index (χ4n) is 3.74. The first kappa shape index (κ1) is 19.4. The summed E-state index contributed by atoms with van der Waals surface area (Å²) in [4.78, 5) is 21.0. The number of aryl methyl sites for hydroxylation is 1. The molecule has 0 spiro atoms. The van der Waals surface area contributed by atoms with E-state index >= 15 is 0 Å². The molecule has 7 nitrogen and oxygen atoms in total. The number of carbonyl (C=O) groups excluding carboxylic acids is 1. The Kier molecular flexibility index (Phi) is 6.09. The van der Waals surface area contributed by atoms with Gasteiger partial charge in [0.2, 0.25) is 5.91 Å². The van der Waals surface area contributed by atoms with E-state index < -0.39 is 0 Å². The van der Waals surface area contributed by atoms with Gasteiger partial charge < -0.3 is 10.6 Å². The molecule has 1 aliphatic heterocycles. The van der Waals surface area contributed by atoms with Gasteiger partial charge in [0, 0.05) is 37.8 Å². The molecule has 1 fully saturated rings. The van der Waals surface area contributed by atoms with Crippen molar-refractivity contribution in [2.75, 3.05) is 19.6 Å². The topological polar surface area (TPSA) is 84.7 Å². The highest BCUT2D eigenvalue weighted by Gasteiger charge is 2.24. The van der Waals surface area contributed by atoms with Crippen LogP contribution in [0.5, 0.6) is 0 Å². The molecule has 152 valence electrons. The third kappa shape index (κ3) is 4.76. The maximum Gasteiger partial charge on any atom is 0.220 e. The first-order valence-corrected chi connectivity index (χ1v) is 10.1. The van der Waals surface area contributed by atoms with Crippen LogP contribution in [0.4, 0.5) is 4.39 Å². The van der Waals surface area contributed by atoms with E-state index in [1.165, 1.54) is 12.1 Å². The lowest BCUT2D eigenvalue weighted by molar-refractivity contribution is -0.121. The Labute approximate surface area is 168 Å². The highest BCUT2D eigenvalue weighted by atomic mass is 19.1. The molecule has 1 aromatic carbocycles. The van der Waals surface area contributed by atoms with Gasteiger partial charge in [-0.2, -0.15) is 5.10 Å². The fraction of sp³-hybridized carbons (Fsp3) is 0.429.